The molecule has 2 rings (SSSR count). The third-order valence-corrected chi connectivity index (χ3v) is 3.63. The number of nitrogens with zero attached hydrogens (tertiary/aromatic N) is 5. The molecule has 14 heavy (non-hydrogen) atoms. The molecule has 0 N–H and O–H groups in total. The average molecular weight is 292 g/mol. The van der Waals surface area contributed by atoms with Gasteiger partial charge in [0, 0.05) is 7.05 Å². The molecule has 0 fully saturated rings. The minimum Gasteiger partial charge on any atom is -0.344 e. The van der Waals surface area contributed by atoms with Crippen LogP contribution in [0.25, 0.3) is 0 Å². The van der Waals surface area contributed by atoms with E-state index in [1.165, 1.54) is 22.9 Å². The van der Waals surface area contributed by atoms with E-state index in [1.54, 1.807) is 6.20 Å². The van der Waals surface area contributed by atoms with E-state index < -0.39 is 0 Å². The Morgan fingerprint density at radius 2 is 2.36 bits per heavy atom. The van der Waals surface area contributed by atoms with E-state index in [-0.39, 0.29) is 0 Å². The molecule has 0 aliphatic heterocycles. The van der Waals surface area contributed by atoms with Crippen LogP contribution in [-0.4, -0.2) is 26.8 Å². The van der Waals surface area contributed by atoms with Crippen molar-refractivity contribution in [1.82, 2.24) is 19.8 Å². The molecule has 0 atom stereocenters. The van der Waals surface area contributed by atoms with E-state index >= 15 is 0 Å². The summed E-state index contributed by atoms with van der Waals surface area (Å²) in [6.45, 7) is 0.763. The number of anilines is 1. The van der Waals surface area contributed by atoms with Crippen molar-refractivity contribution >= 4 is 43.9 Å². The third-order valence-electron chi connectivity index (χ3n) is 1.52. The van der Waals surface area contributed by atoms with Crippen molar-refractivity contribution in [3.63, 3.8) is 0 Å². The van der Waals surface area contributed by atoms with Crippen molar-refractivity contribution in [1.29, 1.82) is 0 Å². The summed E-state index contributed by atoms with van der Waals surface area (Å²) in [6.07, 6.45) is 1.76. The lowest BCUT2D eigenvalue weighted by atomic mass is 10.5. The summed E-state index contributed by atoms with van der Waals surface area (Å²) in [7, 11) is 1.96. The fourth-order valence-corrected chi connectivity index (χ4v) is 2.50. The van der Waals surface area contributed by atoms with E-state index in [4.69, 9.17) is 0 Å². The Hall–Kier alpha value is -0.600. The molecule has 0 aliphatic carbocycles. The van der Waals surface area contributed by atoms with Gasteiger partial charge in [0.2, 0.25) is 5.13 Å². The van der Waals surface area contributed by atoms with Gasteiger partial charge in [-0.25, -0.2) is 0 Å². The molecule has 0 unspecified atom stereocenters. The van der Waals surface area contributed by atoms with Gasteiger partial charge < -0.3 is 4.90 Å². The molecule has 0 saturated carbocycles. The number of halogens is 1. The maximum Gasteiger partial charge on any atom is 0.209 e. The van der Waals surface area contributed by atoms with Crippen molar-refractivity contribution in [3.8, 4) is 0 Å². The van der Waals surface area contributed by atoms with Gasteiger partial charge in [-0.3, -0.25) is 0 Å². The first-order chi connectivity index (χ1) is 6.75. The molecule has 0 amide bonds. The molecule has 74 valence electrons. The highest BCUT2D eigenvalue weighted by molar-refractivity contribution is 9.11. The molecule has 0 spiro atoms. The fourth-order valence-electron chi connectivity index (χ4n) is 0.911. The van der Waals surface area contributed by atoms with Gasteiger partial charge in [-0.15, -0.1) is 15.3 Å². The zero-order valence-electron chi connectivity index (χ0n) is 7.21. The lowest BCUT2D eigenvalue weighted by molar-refractivity contribution is 0.901. The molecule has 2 aromatic heterocycles. The molecule has 5 nitrogen and oxygen atoms in total. The van der Waals surface area contributed by atoms with Crippen LogP contribution in [0.5, 0.6) is 0 Å². The number of rotatable bonds is 3. The van der Waals surface area contributed by atoms with E-state index in [0.717, 1.165) is 20.5 Å². The quantitative estimate of drug-likeness (QED) is 0.863. The summed E-state index contributed by atoms with van der Waals surface area (Å²) in [4.78, 5) is 3.12. The molecule has 0 bridgehead atoms. The SMILES string of the molecule is CN(Cc1cnns1)c1nnc(Br)s1. The fraction of sp³-hybridized carbons (Fsp3) is 0.333. The first-order valence-electron chi connectivity index (χ1n) is 3.72. The first-order valence-corrected chi connectivity index (χ1v) is 6.10. The van der Waals surface area contributed by atoms with Crippen LogP contribution in [0.1, 0.15) is 4.88 Å². The molecule has 0 aromatic carbocycles. The van der Waals surface area contributed by atoms with Crippen LogP contribution in [0, 0.1) is 0 Å². The molecule has 0 aliphatic rings. The molecule has 2 aromatic rings. The van der Waals surface area contributed by atoms with Gasteiger partial charge in [-0.2, -0.15) is 0 Å². The second-order valence-electron chi connectivity index (χ2n) is 2.58. The zero-order valence-corrected chi connectivity index (χ0v) is 10.4. The molecule has 8 heteroatoms. The van der Waals surface area contributed by atoms with Gasteiger partial charge in [0.1, 0.15) is 0 Å². The van der Waals surface area contributed by atoms with Crippen molar-refractivity contribution < 1.29 is 0 Å². The summed E-state index contributed by atoms with van der Waals surface area (Å²) in [5.74, 6) is 0. The second-order valence-corrected chi connectivity index (χ2v) is 5.68. The van der Waals surface area contributed by atoms with Gasteiger partial charge in [0.25, 0.3) is 0 Å². The first kappa shape index (κ1) is 9.94. The Labute approximate surface area is 97.1 Å². The van der Waals surface area contributed by atoms with Gasteiger partial charge in [0.15, 0.2) is 3.92 Å². The Morgan fingerprint density at radius 3 is 2.93 bits per heavy atom. The van der Waals surface area contributed by atoms with Crippen LogP contribution < -0.4 is 4.90 Å². The normalized spacial score (nSPS) is 10.4. The van der Waals surface area contributed by atoms with Gasteiger partial charge in [0.05, 0.1) is 17.6 Å². The van der Waals surface area contributed by atoms with Crippen LogP contribution in [0.2, 0.25) is 0 Å². The van der Waals surface area contributed by atoms with Crippen LogP contribution >= 0.6 is 38.8 Å². The highest BCUT2D eigenvalue weighted by Crippen LogP contribution is 2.24. The summed E-state index contributed by atoms with van der Waals surface area (Å²) in [5.41, 5.74) is 0. The van der Waals surface area contributed by atoms with Gasteiger partial charge in [-0.05, 0) is 27.5 Å². The molecule has 2 heterocycles. The van der Waals surface area contributed by atoms with E-state index in [2.05, 4.69) is 35.7 Å². The predicted octanol–water partition coefficient (Wildman–Crippen LogP) is 1.79. The van der Waals surface area contributed by atoms with Crippen LogP contribution in [0.4, 0.5) is 5.13 Å². The van der Waals surface area contributed by atoms with Gasteiger partial charge in [-0.1, -0.05) is 15.8 Å². The Morgan fingerprint density at radius 1 is 1.50 bits per heavy atom. The Kier molecular flexibility index (Phi) is 3.04. The molecule has 0 radical (unpaired) electrons. The van der Waals surface area contributed by atoms with Crippen molar-refractivity contribution in [2.75, 3.05) is 11.9 Å². The minimum atomic E-state index is 0.763. The van der Waals surface area contributed by atoms with Crippen molar-refractivity contribution in [2.45, 2.75) is 6.54 Å². The minimum absolute atomic E-state index is 0.763. The monoisotopic (exact) mass is 291 g/mol. The maximum atomic E-state index is 4.01. The van der Waals surface area contributed by atoms with Crippen LogP contribution in [-0.2, 0) is 6.54 Å². The second kappa shape index (κ2) is 4.28. The largest absolute Gasteiger partial charge is 0.344 e. The highest BCUT2D eigenvalue weighted by atomic mass is 79.9. The zero-order chi connectivity index (χ0) is 9.97. The molecular formula is C6H6BrN5S2. The van der Waals surface area contributed by atoms with Crippen molar-refractivity contribution in [2.24, 2.45) is 0 Å². The average Bonchev–Trinajstić information content (AvgIpc) is 2.75. The number of hydrogen-bond acceptors (Lipinski definition) is 7. The third kappa shape index (κ3) is 2.25. The van der Waals surface area contributed by atoms with Crippen molar-refractivity contribution in [3.05, 3.63) is 15.0 Å². The molecule has 0 saturated heterocycles. The summed E-state index contributed by atoms with van der Waals surface area (Å²) >= 11 is 6.17. The summed E-state index contributed by atoms with van der Waals surface area (Å²) in [5, 5.41) is 12.5. The Balaban J connectivity index is 2.06. The Bertz CT molecular complexity index is 400. The highest BCUT2D eigenvalue weighted by Gasteiger charge is 2.08. The van der Waals surface area contributed by atoms with E-state index in [1.807, 2.05) is 11.9 Å². The lowest BCUT2D eigenvalue weighted by Gasteiger charge is -2.12. The molecular weight excluding hydrogens is 286 g/mol. The number of aromatic nitrogens is 4. The predicted molar refractivity (Wildman–Crippen MR) is 59.6 cm³/mol. The maximum absolute atomic E-state index is 4.01. The number of hydrogen-bond donors (Lipinski definition) is 0. The standard InChI is InChI=1S/C6H6BrN5S2/c1-12(3-4-2-8-11-14-4)6-10-9-5(7)13-6/h2H,3H2,1H3. The summed E-state index contributed by atoms with van der Waals surface area (Å²) < 4.78 is 4.59. The van der Waals surface area contributed by atoms with E-state index in [9.17, 15) is 0 Å². The van der Waals surface area contributed by atoms with Gasteiger partial charge >= 0.3 is 0 Å². The summed E-state index contributed by atoms with van der Waals surface area (Å²) in [6, 6.07) is 0. The topological polar surface area (TPSA) is 54.8 Å². The lowest BCUT2D eigenvalue weighted by Crippen LogP contribution is -2.15. The van der Waals surface area contributed by atoms with Crippen LogP contribution in [0.15, 0.2) is 10.1 Å². The van der Waals surface area contributed by atoms with Crippen LogP contribution in [0.3, 0.4) is 0 Å². The smallest absolute Gasteiger partial charge is 0.209 e. The van der Waals surface area contributed by atoms with E-state index in [0.29, 0.717) is 0 Å².